The maximum Gasteiger partial charge on any atom is 0.471 e. The van der Waals surface area contributed by atoms with Crippen LogP contribution in [0.5, 0.6) is 11.5 Å². The van der Waals surface area contributed by atoms with E-state index in [1.165, 1.54) is 0 Å². The van der Waals surface area contributed by atoms with Gasteiger partial charge in [-0.1, -0.05) is 40.2 Å². The number of carbonyl (C=O) groups excluding carboxylic acids is 1. The molecule has 3 aliphatic rings. The van der Waals surface area contributed by atoms with Crippen LogP contribution in [0.4, 0.5) is 13.2 Å². The fraction of sp³-hybridized carbons (Fsp3) is 0.409. The Morgan fingerprint density at radius 2 is 1.66 bits per heavy atom. The van der Waals surface area contributed by atoms with Crippen molar-refractivity contribution in [3.63, 3.8) is 0 Å². The van der Waals surface area contributed by atoms with Crippen LogP contribution in [0.3, 0.4) is 0 Å². The molecule has 0 aromatic heterocycles. The molecule has 3 atom stereocenters. The number of piperidine rings is 1. The van der Waals surface area contributed by atoms with Crippen molar-refractivity contribution in [2.75, 3.05) is 0 Å². The summed E-state index contributed by atoms with van der Waals surface area (Å²) in [5.74, 6) is 0.109. The zero-order valence-electron chi connectivity index (χ0n) is 15.5. The third kappa shape index (κ3) is 3.14. The van der Waals surface area contributed by atoms with Gasteiger partial charge in [0.15, 0.2) is 0 Å². The third-order valence-electron chi connectivity index (χ3n) is 6.50. The van der Waals surface area contributed by atoms with Crippen LogP contribution in [0.25, 0.3) is 0 Å². The summed E-state index contributed by atoms with van der Waals surface area (Å²) in [6, 6.07) is 13.1. The van der Waals surface area contributed by atoms with E-state index in [-0.39, 0.29) is 23.9 Å². The number of carbonyl (C=O) groups is 1. The Morgan fingerprint density at radius 3 is 2.34 bits per heavy atom. The molecular weight excluding hydrogens is 447 g/mol. The summed E-state index contributed by atoms with van der Waals surface area (Å²) in [7, 11) is 0. The van der Waals surface area contributed by atoms with Crippen molar-refractivity contribution in [1.29, 1.82) is 0 Å². The number of hydrogen-bond donors (Lipinski definition) is 0. The van der Waals surface area contributed by atoms with Crippen molar-refractivity contribution >= 4 is 21.8 Å². The largest absolute Gasteiger partial charge is 0.471 e. The molecule has 0 saturated carbocycles. The Labute approximate surface area is 175 Å². The summed E-state index contributed by atoms with van der Waals surface area (Å²) in [6.45, 7) is 0. The van der Waals surface area contributed by atoms with Gasteiger partial charge >= 0.3 is 12.1 Å². The molecular formula is C22H19BrF3NO2. The molecule has 2 saturated heterocycles. The van der Waals surface area contributed by atoms with Gasteiger partial charge in [0.05, 0.1) is 0 Å². The molecule has 0 radical (unpaired) electrons. The highest BCUT2D eigenvalue weighted by atomic mass is 79.9. The molecule has 3 unspecified atom stereocenters. The van der Waals surface area contributed by atoms with Gasteiger partial charge in [0, 0.05) is 33.6 Å². The molecule has 3 heterocycles. The average Bonchev–Trinajstić information content (AvgIpc) is 2.93. The first-order chi connectivity index (χ1) is 13.8. The number of nitrogens with zero attached hydrogens (tertiary/aromatic N) is 1. The number of amides is 1. The second kappa shape index (κ2) is 6.76. The van der Waals surface area contributed by atoms with Crippen molar-refractivity contribution in [2.24, 2.45) is 5.92 Å². The van der Waals surface area contributed by atoms with E-state index < -0.39 is 12.1 Å². The maximum atomic E-state index is 13.1. The summed E-state index contributed by atoms with van der Waals surface area (Å²) in [6.07, 6.45) is -2.38. The SMILES string of the molecule is O=C(N1C2CCC1CC(C1c3ccccc3Oc3cc(Br)ccc31)C2)C(F)(F)F. The monoisotopic (exact) mass is 465 g/mol. The second-order valence-corrected chi connectivity index (χ2v) is 9.04. The van der Waals surface area contributed by atoms with Crippen LogP contribution < -0.4 is 4.74 Å². The number of ether oxygens (including phenoxy) is 1. The minimum Gasteiger partial charge on any atom is -0.457 e. The molecule has 0 N–H and O–H groups in total. The molecule has 0 spiro atoms. The lowest BCUT2D eigenvalue weighted by Gasteiger charge is -2.43. The number of para-hydroxylation sites is 1. The number of hydrogen-bond acceptors (Lipinski definition) is 2. The van der Waals surface area contributed by atoms with E-state index in [1.807, 2.05) is 42.5 Å². The van der Waals surface area contributed by atoms with Gasteiger partial charge in [0.25, 0.3) is 0 Å². The standard InChI is InChI=1S/C22H19BrF3NO2/c23-13-5-8-17-19(11-13)29-18-4-2-1-3-16(18)20(17)12-9-14-6-7-15(10-12)27(14)21(28)22(24,25)26/h1-5,8,11-12,14-15,20H,6-7,9-10H2. The van der Waals surface area contributed by atoms with Gasteiger partial charge in [0.2, 0.25) is 0 Å². The van der Waals surface area contributed by atoms with Crippen molar-refractivity contribution in [3.05, 3.63) is 58.1 Å². The van der Waals surface area contributed by atoms with E-state index in [2.05, 4.69) is 15.9 Å². The van der Waals surface area contributed by atoms with Gasteiger partial charge in [-0.2, -0.15) is 13.2 Å². The highest BCUT2D eigenvalue weighted by molar-refractivity contribution is 9.10. The number of halogens is 4. The van der Waals surface area contributed by atoms with E-state index >= 15 is 0 Å². The molecule has 2 bridgehead atoms. The summed E-state index contributed by atoms with van der Waals surface area (Å²) >= 11 is 3.49. The highest BCUT2D eigenvalue weighted by Gasteiger charge is 2.53. The molecule has 3 aliphatic heterocycles. The Morgan fingerprint density at radius 1 is 1.00 bits per heavy atom. The van der Waals surface area contributed by atoms with Crippen LogP contribution in [0.15, 0.2) is 46.9 Å². The second-order valence-electron chi connectivity index (χ2n) is 8.13. The summed E-state index contributed by atoms with van der Waals surface area (Å²) in [5, 5.41) is 0. The Bertz CT molecular complexity index is 963. The van der Waals surface area contributed by atoms with E-state index in [0.29, 0.717) is 25.7 Å². The van der Waals surface area contributed by atoms with Crippen molar-refractivity contribution in [1.82, 2.24) is 4.90 Å². The van der Waals surface area contributed by atoms with Gasteiger partial charge in [-0.25, -0.2) is 0 Å². The predicted molar refractivity (Wildman–Crippen MR) is 105 cm³/mol. The first kappa shape index (κ1) is 19.0. The zero-order chi connectivity index (χ0) is 20.3. The first-order valence-electron chi connectivity index (χ1n) is 9.78. The molecule has 0 aliphatic carbocycles. The summed E-state index contributed by atoms with van der Waals surface area (Å²) in [4.78, 5) is 13.1. The molecule has 2 aromatic rings. The molecule has 2 aromatic carbocycles. The molecule has 1 amide bonds. The molecule has 5 rings (SSSR count). The molecule has 2 fully saturated rings. The van der Waals surface area contributed by atoms with E-state index in [0.717, 1.165) is 32.0 Å². The van der Waals surface area contributed by atoms with Gasteiger partial charge < -0.3 is 9.64 Å². The fourth-order valence-corrected chi connectivity index (χ4v) is 5.79. The minimum absolute atomic E-state index is 0.0503. The fourth-order valence-electron chi connectivity index (χ4n) is 5.45. The number of rotatable bonds is 1. The van der Waals surface area contributed by atoms with Crippen LogP contribution in [-0.4, -0.2) is 29.1 Å². The van der Waals surface area contributed by atoms with Gasteiger partial charge in [-0.3, -0.25) is 4.79 Å². The average molecular weight is 466 g/mol. The zero-order valence-corrected chi connectivity index (χ0v) is 17.0. The maximum absolute atomic E-state index is 13.1. The minimum atomic E-state index is -4.81. The number of benzene rings is 2. The van der Waals surface area contributed by atoms with Crippen molar-refractivity contribution in [2.45, 2.75) is 49.9 Å². The Hall–Kier alpha value is -2.02. The molecule has 29 heavy (non-hydrogen) atoms. The summed E-state index contributed by atoms with van der Waals surface area (Å²) in [5.41, 5.74) is 2.13. The molecule has 152 valence electrons. The third-order valence-corrected chi connectivity index (χ3v) is 7.00. The molecule has 3 nitrogen and oxygen atoms in total. The van der Waals surface area contributed by atoms with Crippen molar-refractivity contribution < 1.29 is 22.7 Å². The van der Waals surface area contributed by atoms with Crippen LogP contribution >= 0.6 is 15.9 Å². The quantitative estimate of drug-likeness (QED) is 0.515. The van der Waals surface area contributed by atoms with Crippen LogP contribution in [0.2, 0.25) is 0 Å². The van der Waals surface area contributed by atoms with E-state index in [1.54, 1.807) is 0 Å². The Balaban J connectivity index is 1.51. The number of fused-ring (bicyclic) bond motifs is 4. The lowest BCUT2D eigenvalue weighted by molar-refractivity contribution is -0.190. The van der Waals surface area contributed by atoms with E-state index in [4.69, 9.17) is 4.74 Å². The first-order valence-corrected chi connectivity index (χ1v) is 10.6. The van der Waals surface area contributed by atoms with Crippen LogP contribution in [-0.2, 0) is 4.79 Å². The van der Waals surface area contributed by atoms with Gasteiger partial charge in [0.1, 0.15) is 11.5 Å². The van der Waals surface area contributed by atoms with Crippen molar-refractivity contribution in [3.8, 4) is 11.5 Å². The highest BCUT2D eigenvalue weighted by Crippen LogP contribution is 2.53. The Kier molecular flexibility index (Phi) is 4.42. The smallest absolute Gasteiger partial charge is 0.457 e. The topological polar surface area (TPSA) is 29.5 Å². The van der Waals surface area contributed by atoms with Crippen LogP contribution in [0, 0.1) is 5.92 Å². The lowest BCUT2D eigenvalue weighted by atomic mass is 9.72. The van der Waals surface area contributed by atoms with Gasteiger partial charge in [-0.05, 0) is 49.8 Å². The summed E-state index contributed by atoms with van der Waals surface area (Å²) < 4.78 is 46.3. The molecule has 7 heteroatoms. The predicted octanol–water partition coefficient (Wildman–Crippen LogP) is 6.02. The van der Waals surface area contributed by atoms with Crippen LogP contribution in [0.1, 0.15) is 42.7 Å². The van der Waals surface area contributed by atoms with Gasteiger partial charge in [-0.15, -0.1) is 0 Å². The number of alkyl halides is 3. The normalized spacial score (nSPS) is 27.8. The van der Waals surface area contributed by atoms with E-state index in [9.17, 15) is 18.0 Å². The lowest BCUT2D eigenvalue weighted by Crippen LogP contribution is -2.52.